The van der Waals surface area contributed by atoms with Crippen molar-refractivity contribution in [3.8, 4) is 0 Å². The predicted octanol–water partition coefficient (Wildman–Crippen LogP) is 4.89. The van der Waals surface area contributed by atoms with Gasteiger partial charge in [-0.3, -0.25) is 0 Å². The van der Waals surface area contributed by atoms with Gasteiger partial charge in [0.2, 0.25) is 0 Å². The number of halogens is 3. The SMILES string of the molecule is CC(C)C(Br)C1N=c2sc(Br)c(Br)c2=CN1Cc1ccccc1. The third-order valence-electron chi connectivity index (χ3n) is 3.84. The van der Waals surface area contributed by atoms with Gasteiger partial charge in [-0.2, -0.15) is 0 Å². The van der Waals surface area contributed by atoms with E-state index >= 15 is 0 Å². The van der Waals surface area contributed by atoms with Crippen molar-refractivity contribution in [3.63, 3.8) is 0 Å². The molecule has 1 aliphatic rings. The molecular formula is C17H17Br3N2S. The van der Waals surface area contributed by atoms with Crippen LogP contribution < -0.4 is 9.89 Å². The average molecular weight is 521 g/mol. The lowest BCUT2D eigenvalue weighted by Gasteiger charge is -2.34. The molecule has 0 saturated carbocycles. The molecule has 2 nitrogen and oxygen atoms in total. The number of hydrogen-bond acceptors (Lipinski definition) is 3. The first-order chi connectivity index (χ1) is 11.0. The van der Waals surface area contributed by atoms with Crippen LogP contribution in [0.1, 0.15) is 19.4 Å². The molecule has 2 aromatic rings. The maximum atomic E-state index is 5.03. The molecule has 1 aliphatic heterocycles. The van der Waals surface area contributed by atoms with Gasteiger partial charge in [0.25, 0.3) is 0 Å². The molecule has 2 unspecified atom stereocenters. The van der Waals surface area contributed by atoms with Gasteiger partial charge in [-0.05, 0) is 43.3 Å². The van der Waals surface area contributed by atoms with Gasteiger partial charge in [0.1, 0.15) is 10.8 Å². The Hall–Kier alpha value is -0.170. The number of benzene rings is 1. The minimum absolute atomic E-state index is 0.0974. The molecule has 0 spiro atoms. The number of thiophene rings is 1. The summed E-state index contributed by atoms with van der Waals surface area (Å²) in [7, 11) is 0. The van der Waals surface area contributed by atoms with Crippen LogP contribution in [0, 0.1) is 5.92 Å². The highest BCUT2D eigenvalue weighted by Gasteiger charge is 2.28. The zero-order valence-electron chi connectivity index (χ0n) is 12.8. The van der Waals surface area contributed by atoms with E-state index in [1.807, 2.05) is 0 Å². The summed E-state index contributed by atoms with van der Waals surface area (Å²) in [4.78, 5) is 7.67. The van der Waals surface area contributed by atoms with Crippen molar-refractivity contribution in [2.45, 2.75) is 31.4 Å². The molecule has 1 aromatic carbocycles. The Labute approximate surface area is 165 Å². The maximum Gasteiger partial charge on any atom is 0.135 e. The highest BCUT2D eigenvalue weighted by molar-refractivity contribution is 9.13. The molecule has 0 fully saturated rings. The van der Waals surface area contributed by atoms with Crippen molar-refractivity contribution in [2.24, 2.45) is 10.9 Å². The molecule has 0 bridgehead atoms. The second kappa shape index (κ2) is 7.38. The molecule has 23 heavy (non-hydrogen) atoms. The van der Waals surface area contributed by atoms with Crippen LogP contribution in [0.15, 0.2) is 43.6 Å². The first-order valence-electron chi connectivity index (χ1n) is 7.44. The molecule has 0 N–H and O–H groups in total. The van der Waals surface area contributed by atoms with Gasteiger partial charge in [0.05, 0.1) is 13.1 Å². The number of nitrogens with zero attached hydrogens (tertiary/aromatic N) is 2. The topological polar surface area (TPSA) is 15.6 Å². The summed E-state index contributed by atoms with van der Waals surface area (Å²) in [6.07, 6.45) is 2.34. The standard InChI is InChI=1S/C17H17Br3N2S/c1-10(2)13(18)16-21-17-12(14(19)15(20)23-17)9-22(16)8-11-6-4-3-5-7-11/h3-7,9-10,13,16H,8H2,1-2H3. The van der Waals surface area contributed by atoms with Crippen molar-refractivity contribution >= 4 is 65.3 Å². The van der Waals surface area contributed by atoms with E-state index in [1.165, 1.54) is 5.56 Å². The summed E-state index contributed by atoms with van der Waals surface area (Å²) in [6, 6.07) is 10.6. The van der Waals surface area contributed by atoms with Crippen LogP contribution in [-0.4, -0.2) is 15.9 Å². The van der Waals surface area contributed by atoms with E-state index in [2.05, 4.69) is 103 Å². The molecule has 0 amide bonds. The minimum atomic E-state index is 0.0974. The van der Waals surface area contributed by atoms with Gasteiger partial charge in [-0.15, -0.1) is 11.3 Å². The van der Waals surface area contributed by atoms with E-state index in [-0.39, 0.29) is 6.17 Å². The van der Waals surface area contributed by atoms with E-state index in [0.717, 1.165) is 24.7 Å². The second-order valence-corrected chi connectivity index (χ2v) is 10.1. The fourth-order valence-corrected chi connectivity index (χ4v) is 5.11. The van der Waals surface area contributed by atoms with E-state index < -0.39 is 0 Å². The van der Waals surface area contributed by atoms with E-state index in [4.69, 9.17) is 4.99 Å². The third-order valence-corrected chi connectivity index (χ3v) is 8.77. The number of hydrogen-bond donors (Lipinski definition) is 0. The fraction of sp³-hybridized carbons (Fsp3) is 0.353. The summed E-state index contributed by atoms with van der Waals surface area (Å²) in [5.74, 6) is 0.504. The third kappa shape index (κ3) is 3.75. The second-order valence-electron chi connectivity index (χ2n) is 5.93. The van der Waals surface area contributed by atoms with Crippen molar-refractivity contribution in [1.82, 2.24) is 4.90 Å². The van der Waals surface area contributed by atoms with Crippen molar-refractivity contribution in [3.05, 3.63) is 54.0 Å². The summed E-state index contributed by atoms with van der Waals surface area (Å²) >= 11 is 12.8. The van der Waals surface area contributed by atoms with Crippen LogP contribution in [-0.2, 0) is 6.54 Å². The highest BCUT2D eigenvalue weighted by Crippen LogP contribution is 2.27. The lowest BCUT2D eigenvalue weighted by atomic mass is 10.1. The normalized spacial score (nSPS) is 18.3. The number of rotatable bonds is 4. The van der Waals surface area contributed by atoms with E-state index in [0.29, 0.717) is 10.7 Å². The largest absolute Gasteiger partial charge is 0.350 e. The average Bonchev–Trinajstić information content (AvgIpc) is 2.81. The molecule has 0 saturated heterocycles. The maximum absolute atomic E-state index is 5.03. The lowest BCUT2D eigenvalue weighted by Crippen LogP contribution is -2.45. The van der Waals surface area contributed by atoms with Gasteiger partial charge in [-0.1, -0.05) is 60.1 Å². The Balaban J connectivity index is 2.04. The Morgan fingerprint density at radius 1 is 1.22 bits per heavy atom. The molecule has 3 rings (SSSR count). The van der Waals surface area contributed by atoms with Crippen LogP contribution in [0.4, 0.5) is 0 Å². The Morgan fingerprint density at radius 2 is 1.91 bits per heavy atom. The summed E-state index contributed by atoms with van der Waals surface area (Å²) in [6.45, 7) is 5.31. The summed E-state index contributed by atoms with van der Waals surface area (Å²) < 4.78 is 3.27. The van der Waals surface area contributed by atoms with Gasteiger partial charge in [0.15, 0.2) is 0 Å². The molecule has 1 aromatic heterocycles. The van der Waals surface area contributed by atoms with Crippen LogP contribution in [0.2, 0.25) is 0 Å². The smallest absolute Gasteiger partial charge is 0.135 e. The van der Waals surface area contributed by atoms with Gasteiger partial charge < -0.3 is 4.90 Å². The van der Waals surface area contributed by atoms with Crippen LogP contribution in [0.5, 0.6) is 0 Å². The monoisotopic (exact) mass is 518 g/mol. The Kier molecular flexibility index (Phi) is 5.66. The highest BCUT2D eigenvalue weighted by atomic mass is 79.9. The molecule has 2 heterocycles. The quantitative estimate of drug-likeness (QED) is 0.524. The summed E-state index contributed by atoms with van der Waals surface area (Å²) in [5, 5.41) is 1.16. The summed E-state index contributed by atoms with van der Waals surface area (Å²) in [5.41, 5.74) is 1.29. The molecular weight excluding hydrogens is 504 g/mol. The van der Waals surface area contributed by atoms with Gasteiger partial charge in [-0.25, -0.2) is 4.99 Å². The van der Waals surface area contributed by atoms with Crippen LogP contribution >= 0.6 is 59.1 Å². The number of alkyl halides is 1. The van der Waals surface area contributed by atoms with Crippen molar-refractivity contribution in [2.75, 3.05) is 0 Å². The minimum Gasteiger partial charge on any atom is -0.350 e. The molecule has 6 heteroatoms. The first-order valence-corrected chi connectivity index (χ1v) is 10.8. The first kappa shape index (κ1) is 17.6. The lowest BCUT2D eigenvalue weighted by molar-refractivity contribution is 0.268. The van der Waals surface area contributed by atoms with Crippen molar-refractivity contribution < 1.29 is 0 Å². The zero-order valence-corrected chi connectivity index (χ0v) is 18.4. The number of fused-ring (bicyclic) bond motifs is 1. The molecule has 0 aliphatic carbocycles. The molecule has 0 radical (unpaired) electrons. The van der Waals surface area contributed by atoms with Crippen LogP contribution in [0.25, 0.3) is 6.20 Å². The zero-order chi connectivity index (χ0) is 16.6. The molecule has 2 atom stereocenters. The van der Waals surface area contributed by atoms with E-state index in [9.17, 15) is 0 Å². The van der Waals surface area contributed by atoms with Crippen LogP contribution in [0.3, 0.4) is 0 Å². The fourth-order valence-electron chi connectivity index (χ4n) is 2.56. The predicted molar refractivity (Wildman–Crippen MR) is 108 cm³/mol. The molecule has 122 valence electrons. The van der Waals surface area contributed by atoms with Gasteiger partial charge >= 0.3 is 0 Å². The van der Waals surface area contributed by atoms with E-state index in [1.54, 1.807) is 11.3 Å². The van der Waals surface area contributed by atoms with Gasteiger partial charge in [0, 0.05) is 18.0 Å². The van der Waals surface area contributed by atoms with Crippen molar-refractivity contribution in [1.29, 1.82) is 0 Å². The Morgan fingerprint density at radius 3 is 2.57 bits per heavy atom. The Bertz CT molecular complexity index is 801.